The van der Waals surface area contributed by atoms with E-state index in [4.69, 9.17) is 17.3 Å². The van der Waals surface area contributed by atoms with Crippen molar-refractivity contribution >= 4 is 21.6 Å². The quantitative estimate of drug-likeness (QED) is 0.923. The van der Waals surface area contributed by atoms with E-state index in [9.17, 15) is 8.42 Å². The SMILES string of the molecule is CC1CCC(N(C)S(=O)(=O)c2cc(CN)ccc2Cl)CC1. The summed E-state index contributed by atoms with van der Waals surface area (Å²) in [5, 5.41) is 0.253. The van der Waals surface area contributed by atoms with Crippen LogP contribution in [0.15, 0.2) is 23.1 Å². The van der Waals surface area contributed by atoms with Crippen LogP contribution in [0.1, 0.15) is 38.2 Å². The maximum absolute atomic E-state index is 12.8. The second-order valence-corrected chi connectivity index (χ2v) is 8.28. The molecule has 1 aromatic carbocycles. The molecule has 1 aliphatic rings. The third-order valence-corrected chi connectivity index (χ3v) is 6.78. The van der Waals surface area contributed by atoms with Crippen molar-refractivity contribution in [3.8, 4) is 0 Å². The molecule has 0 aliphatic heterocycles. The lowest BCUT2D eigenvalue weighted by molar-refractivity contribution is 0.246. The number of halogens is 1. The van der Waals surface area contributed by atoms with Crippen molar-refractivity contribution in [2.45, 2.75) is 50.1 Å². The molecule has 0 aromatic heterocycles. The van der Waals surface area contributed by atoms with Crippen LogP contribution in [-0.4, -0.2) is 25.8 Å². The number of nitrogens with two attached hydrogens (primary N) is 1. The number of sulfonamides is 1. The Balaban J connectivity index is 2.29. The van der Waals surface area contributed by atoms with Crippen LogP contribution in [0.4, 0.5) is 0 Å². The zero-order valence-electron chi connectivity index (χ0n) is 12.5. The predicted molar refractivity (Wildman–Crippen MR) is 85.7 cm³/mol. The molecule has 118 valence electrons. The van der Waals surface area contributed by atoms with Gasteiger partial charge in [-0.1, -0.05) is 24.6 Å². The van der Waals surface area contributed by atoms with Gasteiger partial charge in [0.2, 0.25) is 10.0 Å². The van der Waals surface area contributed by atoms with Crippen LogP contribution in [-0.2, 0) is 16.6 Å². The molecule has 0 amide bonds. The number of hydrogen-bond acceptors (Lipinski definition) is 3. The van der Waals surface area contributed by atoms with E-state index in [1.54, 1.807) is 25.2 Å². The molecule has 21 heavy (non-hydrogen) atoms. The highest BCUT2D eigenvalue weighted by Crippen LogP contribution is 2.32. The van der Waals surface area contributed by atoms with E-state index < -0.39 is 10.0 Å². The Morgan fingerprint density at radius 1 is 1.29 bits per heavy atom. The zero-order valence-corrected chi connectivity index (χ0v) is 14.1. The highest BCUT2D eigenvalue weighted by atomic mass is 35.5. The summed E-state index contributed by atoms with van der Waals surface area (Å²) in [7, 11) is -1.92. The van der Waals surface area contributed by atoms with Crippen molar-refractivity contribution in [1.29, 1.82) is 0 Å². The molecule has 0 saturated heterocycles. The maximum Gasteiger partial charge on any atom is 0.244 e. The van der Waals surface area contributed by atoms with Crippen molar-refractivity contribution in [3.05, 3.63) is 28.8 Å². The summed E-state index contributed by atoms with van der Waals surface area (Å²) < 4.78 is 27.1. The topological polar surface area (TPSA) is 63.4 Å². The van der Waals surface area contributed by atoms with Crippen LogP contribution < -0.4 is 5.73 Å². The van der Waals surface area contributed by atoms with Crippen LogP contribution in [0.25, 0.3) is 0 Å². The van der Waals surface area contributed by atoms with Gasteiger partial charge in [-0.15, -0.1) is 0 Å². The molecule has 6 heteroatoms. The third kappa shape index (κ3) is 3.59. The van der Waals surface area contributed by atoms with Gasteiger partial charge in [0, 0.05) is 19.6 Å². The van der Waals surface area contributed by atoms with Crippen molar-refractivity contribution in [3.63, 3.8) is 0 Å². The van der Waals surface area contributed by atoms with Crippen molar-refractivity contribution < 1.29 is 8.42 Å². The molecule has 1 aliphatic carbocycles. The maximum atomic E-state index is 12.8. The lowest BCUT2D eigenvalue weighted by Gasteiger charge is -2.33. The van der Waals surface area contributed by atoms with Gasteiger partial charge >= 0.3 is 0 Å². The fraction of sp³-hybridized carbons (Fsp3) is 0.600. The standard InChI is InChI=1S/C15H23ClN2O2S/c1-11-3-6-13(7-4-11)18(2)21(19,20)15-9-12(10-17)5-8-14(15)16/h5,8-9,11,13H,3-4,6-7,10,17H2,1-2H3. The highest BCUT2D eigenvalue weighted by molar-refractivity contribution is 7.89. The molecule has 2 N–H and O–H groups in total. The van der Waals surface area contributed by atoms with E-state index in [-0.39, 0.29) is 16.0 Å². The molecule has 4 nitrogen and oxygen atoms in total. The van der Waals surface area contributed by atoms with Crippen molar-refractivity contribution in [2.24, 2.45) is 11.7 Å². The van der Waals surface area contributed by atoms with Crippen LogP contribution in [0, 0.1) is 5.92 Å². The van der Waals surface area contributed by atoms with Crippen LogP contribution in [0.2, 0.25) is 5.02 Å². The smallest absolute Gasteiger partial charge is 0.244 e. The van der Waals surface area contributed by atoms with Crippen LogP contribution in [0.5, 0.6) is 0 Å². The Morgan fingerprint density at radius 2 is 1.90 bits per heavy atom. The largest absolute Gasteiger partial charge is 0.326 e. The van der Waals surface area contributed by atoms with E-state index >= 15 is 0 Å². The first kappa shape index (κ1) is 16.7. The van der Waals surface area contributed by atoms with Gasteiger partial charge in [0.15, 0.2) is 0 Å². The first-order valence-electron chi connectivity index (χ1n) is 7.32. The molecule has 0 spiro atoms. The number of hydrogen-bond donors (Lipinski definition) is 1. The average Bonchev–Trinajstić information content (AvgIpc) is 2.47. The molecule has 1 aromatic rings. The summed E-state index contributed by atoms with van der Waals surface area (Å²) in [5.74, 6) is 0.682. The van der Waals surface area contributed by atoms with E-state index in [2.05, 4.69) is 6.92 Å². The average molecular weight is 331 g/mol. The van der Waals surface area contributed by atoms with Gasteiger partial charge in [0.25, 0.3) is 0 Å². The first-order chi connectivity index (χ1) is 9.86. The Bertz CT molecular complexity index is 596. The third-order valence-electron chi connectivity index (χ3n) is 4.39. The summed E-state index contributed by atoms with van der Waals surface area (Å²) in [6, 6.07) is 5.00. The molecule has 2 rings (SSSR count). The molecule has 0 bridgehead atoms. The monoisotopic (exact) mass is 330 g/mol. The second kappa shape index (κ2) is 6.65. The van der Waals surface area contributed by atoms with Gasteiger partial charge < -0.3 is 5.73 Å². The molecular formula is C15H23ClN2O2S. The number of rotatable bonds is 4. The van der Waals surface area contributed by atoms with E-state index in [1.165, 1.54) is 4.31 Å². The fourth-order valence-electron chi connectivity index (χ4n) is 2.83. The number of nitrogens with zero attached hydrogens (tertiary/aromatic N) is 1. The molecular weight excluding hydrogens is 308 g/mol. The second-order valence-electron chi connectivity index (χ2n) is 5.90. The van der Waals surface area contributed by atoms with Gasteiger partial charge in [-0.05, 0) is 49.3 Å². The molecule has 0 unspecified atom stereocenters. The minimum absolute atomic E-state index is 0.0591. The van der Waals surface area contributed by atoms with Crippen molar-refractivity contribution in [1.82, 2.24) is 4.31 Å². The van der Waals surface area contributed by atoms with Gasteiger partial charge in [-0.3, -0.25) is 0 Å². The Hall–Kier alpha value is -0.620. The Labute approximate surface area is 132 Å². The molecule has 0 radical (unpaired) electrons. The summed E-state index contributed by atoms with van der Waals surface area (Å²) in [6.45, 7) is 2.51. The summed E-state index contributed by atoms with van der Waals surface area (Å²) in [5.41, 5.74) is 6.36. The zero-order chi connectivity index (χ0) is 15.6. The predicted octanol–water partition coefficient (Wildman–Crippen LogP) is 3.00. The Kier molecular flexibility index (Phi) is 5.30. The lowest BCUT2D eigenvalue weighted by atomic mass is 9.87. The van der Waals surface area contributed by atoms with Crippen LogP contribution in [0.3, 0.4) is 0 Å². The van der Waals surface area contributed by atoms with Gasteiger partial charge in [-0.2, -0.15) is 4.31 Å². The lowest BCUT2D eigenvalue weighted by Crippen LogP contribution is -2.39. The molecule has 0 heterocycles. The molecule has 1 fully saturated rings. The minimum atomic E-state index is -3.57. The molecule has 0 atom stereocenters. The first-order valence-corrected chi connectivity index (χ1v) is 9.14. The summed E-state index contributed by atoms with van der Waals surface area (Å²) in [6.07, 6.45) is 3.96. The van der Waals surface area contributed by atoms with Crippen LogP contribution >= 0.6 is 11.6 Å². The Morgan fingerprint density at radius 3 is 2.48 bits per heavy atom. The highest BCUT2D eigenvalue weighted by Gasteiger charge is 2.31. The minimum Gasteiger partial charge on any atom is -0.326 e. The fourth-order valence-corrected chi connectivity index (χ4v) is 4.77. The van der Waals surface area contributed by atoms with Gasteiger partial charge in [-0.25, -0.2) is 8.42 Å². The van der Waals surface area contributed by atoms with Gasteiger partial charge in [0.05, 0.1) is 5.02 Å². The summed E-state index contributed by atoms with van der Waals surface area (Å²) >= 11 is 6.10. The molecule has 1 saturated carbocycles. The normalized spacial score (nSPS) is 23.5. The summed E-state index contributed by atoms with van der Waals surface area (Å²) in [4.78, 5) is 0.160. The van der Waals surface area contributed by atoms with E-state index in [0.29, 0.717) is 12.5 Å². The van der Waals surface area contributed by atoms with Crippen molar-refractivity contribution in [2.75, 3.05) is 7.05 Å². The van der Waals surface area contributed by atoms with Gasteiger partial charge in [0.1, 0.15) is 4.90 Å². The van der Waals surface area contributed by atoms with E-state index in [1.807, 2.05) is 0 Å². The number of benzene rings is 1. The van der Waals surface area contributed by atoms with E-state index in [0.717, 1.165) is 31.2 Å².